The average Bonchev–Trinajstić information content (AvgIpc) is 2.02. The van der Waals surface area contributed by atoms with Gasteiger partial charge < -0.3 is 0 Å². The van der Waals surface area contributed by atoms with Crippen LogP contribution in [0.25, 0.3) is 0 Å². The Balaban J connectivity index is 0.00000144. The van der Waals surface area contributed by atoms with E-state index in [1.54, 1.807) is 24.5 Å². The fourth-order valence-corrected chi connectivity index (χ4v) is 1.29. The van der Waals surface area contributed by atoms with Gasteiger partial charge in [-0.15, -0.1) is 0 Å². The molecule has 0 fully saturated rings. The Morgan fingerprint density at radius 3 is 2.31 bits per heavy atom. The van der Waals surface area contributed by atoms with Gasteiger partial charge >= 0.3 is 29.6 Å². The molecule has 1 aromatic heterocycles. The SMILES string of the molecule is O=S(=O)(O)CCc1ccncc1.[NaH]. The number of pyridine rings is 1. The minimum atomic E-state index is -3.84. The molecule has 0 bridgehead atoms. The van der Waals surface area contributed by atoms with Crippen molar-refractivity contribution in [1.82, 2.24) is 4.98 Å². The maximum atomic E-state index is 10.3. The molecular weight excluding hydrogens is 201 g/mol. The summed E-state index contributed by atoms with van der Waals surface area (Å²) in [5.74, 6) is -0.239. The number of aromatic nitrogens is 1. The van der Waals surface area contributed by atoms with Crippen LogP contribution in [-0.2, 0) is 16.5 Å². The van der Waals surface area contributed by atoms with E-state index in [1.807, 2.05) is 0 Å². The maximum absolute atomic E-state index is 10.3. The molecule has 0 atom stereocenters. The standard InChI is InChI=1S/C7H9NO3S.Na.H/c9-12(10,11)6-3-7-1-4-8-5-2-7;;/h1-2,4-5H,3,6H2,(H,9,10,11);;. The summed E-state index contributed by atoms with van der Waals surface area (Å²) < 4.78 is 29.1. The van der Waals surface area contributed by atoms with Crippen molar-refractivity contribution in [3.8, 4) is 0 Å². The molecule has 0 aromatic carbocycles. The van der Waals surface area contributed by atoms with Gasteiger partial charge in [-0.25, -0.2) is 0 Å². The van der Waals surface area contributed by atoms with E-state index in [4.69, 9.17) is 4.55 Å². The van der Waals surface area contributed by atoms with Gasteiger partial charge in [-0.3, -0.25) is 9.54 Å². The predicted octanol–water partition coefficient (Wildman–Crippen LogP) is -0.137. The van der Waals surface area contributed by atoms with Gasteiger partial charge in [0.2, 0.25) is 0 Å². The summed E-state index contributed by atoms with van der Waals surface area (Å²) in [6, 6.07) is 3.43. The van der Waals surface area contributed by atoms with E-state index in [0.717, 1.165) is 5.56 Å². The van der Waals surface area contributed by atoms with Crippen molar-refractivity contribution in [3.05, 3.63) is 30.1 Å². The van der Waals surface area contributed by atoms with Crippen LogP contribution in [0.2, 0.25) is 0 Å². The molecular formula is C7H10NNaO3S. The van der Waals surface area contributed by atoms with Gasteiger partial charge in [-0.2, -0.15) is 8.42 Å². The molecule has 0 saturated carbocycles. The van der Waals surface area contributed by atoms with Crippen LogP contribution in [-0.4, -0.2) is 53.3 Å². The molecule has 13 heavy (non-hydrogen) atoms. The zero-order valence-corrected chi connectivity index (χ0v) is 7.16. The van der Waals surface area contributed by atoms with Gasteiger partial charge in [-0.05, 0) is 24.1 Å². The second kappa shape index (κ2) is 5.72. The Bertz CT molecular complexity index is 338. The van der Waals surface area contributed by atoms with Gasteiger partial charge in [-0.1, -0.05) is 0 Å². The molecule has 0 spiro atoms. The van der Waals surface area contributed by atoms with Gasteiger partial charge in [0.1, 0.15) is 0 Å². The van der Waals surface area contributed by atoms with Crippen LogP contribution in [0.15, 0.2) is 24.5 Å². The molecule has 0 aliphatic rings. The van der Waals surface area contributed by atoms with Gasteiger partial charge in [0, 0.05) is 12.4 Å². The Morgan fingerprint density at radius 1 is 1.31 bits per heavy atom. The van der Waals surface area contributed by atoms with Gasteiger partial charge in [0.05, 0.1) is 5.75 Å². The summed E-state index contributed by atoms with van der Waals surface area (Å²) in [5.41, 5.74) is 0.850. The number of nitrogens with zero attached hydrogens (tertiary/aromatic N) is 1. The van der Waals surface area contributed by atoms with Crippen molar-refractivity contribution in [1.29, 1.82) is 0 Å². The Kier molecular flexibility index (Phi) is 5.75. The van der Waals surface area contributed by atoms with Crippen LogP contribution in [0.1, 0.15) is 5.56 Å². The third-order valence-electron chi connectivity index (χ3n) is 1.40. The summed E-state index contributed by atoms with van der Waals surface area (Å²) >= 11 is 0. The first-order chi connectivity index (χ1) is 5.58. The summed E-state index contributed by atoms with van der Waals surface area (Å²) in [5, 5.41) is 0. The normalized spacial score (nSPS) is 10.5. The van der Waals surface area contributed by atoms with E-state index in [1.165, 1.54) is 0 Å². The summed E-state index contributed by atoms with van der Waals surface area (Å²) in [6.07, 6.45) is 3.49. The number of aryl methyl sites for hydroxylation is 1. The molecule has 6 heteroatoms. The number of hydrogen-bond donors (Lipinski definition) is 1. The van der Waals surface area contributed by atoms with Crippen molar-refractivity contribution < 1.29 is 13.0 Å². The van der Waals surface area contributed by atoms with E-state index in [0.29, 0.717) is 6.42 Å². The molecule has 1 aromatic rings. The Morgan fingerprint density at radius 2 is 1.85 bits per heavy atom. The van der Waals surface area contributed by atoms with Crippen LogP contribution in [0.3, 0.4) is 0 Å². The van der Waals surface area contributed by atoms with E-state index < -0.39 is 10.1 Å². The third-order valence-corrected chi connectivity index (χ3v) is 2.12. The molecule has 0 aliphatic carbocycles. The van der Waals surface area contributed by atoms with E-state index >= 15 is 0 Å². The molecule has 0 unspecified atom stereocenters. The fraction of sp³-hybridized carbons (Fsp3) is 0.286. The Labute approximate surface area is 99.4 Å². The number of hydrogen-bond acceptors (Lipinski definition) is 3. The monoisotopic (exact) mass is 211 g/mol. The Hall–Kier alpha value is 0.0600. The molecule has 4 nitrogen and oxygen atoms in total. The zero-order chi connectivity index (χ0) is 9.03. The molecule has 0 saturated heterocycles. The number of rotatable bonds is 3. The van der Waals surface area contributed by atoms with Crippen molar-refractivity contribution in [3.63, 3.8) is 0 Å². The molecule has 1 rings (SSSR count). The first-order valence-electron chi connectivity index (χ1n) is 3.42. The molecule has 0 aliphatic heterocycles. The first kappa shape index (κ1) is 13.1. The average molecular weight is 211 g/mol. The minimum absolute atomic E-state index is 0. The van der Waals surface area contributed by atoms with Crippen molar-refractivity contribution in [2.45, 2.75) is 6.42 Å². The van der Waals surface area contributed by atoms with Gasteiger partial charge in [0.15, 0.2) is 0 Å². The predicted molar refractivity (Wildman–Crippen MR) is 51.5 cm³/mol. The molecule has 68 valence electrons. The van der Waals surface area contributed by atoms with Gasteiger partial charge in [0.25, 0.3) is 10.1 Å². The molecule has 1 heterocycles. The molecule has 1 N–H and O–H groups in total. The topological polar surface area (TPSA) is 67.3 Å². The van der Waals surface area contributed by atoms with E-state index in [2.05, 4.69) is 4.98 Å². The zero-order valence-electron chi connectivity index (χ0n) is 6.34. The summed E-state index contributed by atoms with van der Waals surface area (Å²) in [6.45, 7) is 0. The van der Waals surface area contributed by atoms with E-state index in [9.17, 15) is 8.42 Å². The second-order valence-electron chi connectivity index (χ2n) is 2.39. The van der Waals surface area contributed by atoms with E-state index in [-0.39, 0.29) is 35.3 Å². The molecule has 0 radical (unpaired) electrons. The van der Waals surface area contributed by atoms with Crippen LogP contribution in [0.5, 0.6) is 0 Å². The van der Waals surface area contributed by atoms with Crippen molar-refractivity contribution in [2.75, 3.05) is 5.75 Å². The first-order valence-corrected chi connectivity index (χ1v) is 5.03. The van der Waals surface area contributed by atoms with Crippen LogP contribution < -0.4 is 0 Å². The fourth-order valence-electron chi connectivity index (χ4n) is 0.796. The van der Waals surface area contributed by atoms with Crippen LogP contribution >= 0.6 is 0 Å². The quantitative estimate of drug-likeness (QED) is 0.558. The summed E-state index contributed by atoms with van der Waals surface area (Å²) in [4.78, 5) is 3.78. The second-order valence-corrected chi connectivity index (χ2v) is 3.96. The van der Waals surface area contributed by atoms with Crippen LogP contribution in [0.4, 0.5) is 0 Å². The van der Waals surface area contributed by atoms with Crippen molar-refractivity contribution >= 4 is 39.7 Å². The third kappa shape index (κ3) is 6.17. The summed E-state index contributed by atoms with van der Waals surface area (Å²) in [7, 11) is -3.84. The van der Waals surface area contributed by atoms with Crippen molar-refractivity contribution in [2.24, 2.45) is 0 Å². The van der Waals surface area contributed by atoms with Crippen LogP contribution in [0, 0.1) is 0 Å². The molecule has 0 amide bonds.